The van der Waals surface area contributed by atoms with Gasteiger partial charge in [0.25, 0.3) is 0 Å². The van der Waals surface area contributed by atoms with Gasteiger partial charge in [-0.05, 0) is 48.6 Å². The standard InChI is InChI=1S/C17H17ClN4O2S2/c18-15-10-26(23,24)11-16(15)20-17(25)19-12-6-8-14(9-7-12)22-21-13-4-2-1-3-5-13/h1-9,15-16H,10-11H2,(H2,19,20,25). The molecular weight excluding hydrogens is 392 g/mol. The van der Waals surface area contributed by atoms with Gasteiger partial charge in [0.2, 0.25) is 0 Å². The zero-order valence-corrected chi connectivity index (χ0v) is 16.1. The van der Waals surface area contributed by atoms with E-state index in [1.807, 2.05) is 54.6 Å². The predicted octanol–water partition coefficient (Wildman–Crippen LogP) is 3.79. The number of benzene rings is 2. The van der Waals surface area contributed by atoms with E-state index in [2.05, 4.69) is 20.9 Å². The molecule has 1 aliphatic heterocycles. The summed E-state index contributed by atoms with van der Waals surface area (Å²) in [4.78, 5) is 0. The molecule has 1 aliphatic rings. The average molecular weight is 409 g/mol. The Hall–Kier alpha value is -2.03. The number of rotatable bonds is 4. The molecule has 26 heavy (non-hydrogen) atoms. The van der Waals surface area contributed by atoms with E-state index in [0.29, 0.717) is 10.8 Å². The topological polar surface area (TPSA) is 82.9 Å². The second-order valence-corrected chi connectivity index (χ2v) is 9.00. The lowest BCUT2D eigenvalue weighted by atomic mass is 10.2. The van der Waals surface area contributed by atoms with Crippen LogP contribution in [0.3, 0.4) is 0 Å². The molecule has 136 valence electrons. The van der Waals surface area contributed by atoms with E-state index in [9.17, 15) is 8.42 Å². The molecule has 0 aliphatic carbocycles. The van der Waals surface area contributed by atoms with Gasteiger partial charge in [0.15, 0.2) is 14.9 Å². The molecule has 0 bridgehead atoms. The number of alkyl halides is 1. The van der Waals surface area contributed by atoms with E-state index < -0.39 is 15.2 Å². The molecule has 1 fully saturated rings. The number of hydrogen-bond donors (Lipinski definition) is 2. The Morgan fingerprint density at radius 2 is 1.62 bits per heavy atom. The van der Waals surface area contributed by atoms with Crippen LogP contribution in [0.1, 0.15) is 0 Å². The fourth-order valence-electron chi connectivity index (χ4n) is 2.49. The normalized spacial score (nSPS) is 21.6. The lowest BCUT2D eigenvalue weighted by molar-refractivity contribution is 0.600. The van der Waals surface area contributed by atoms with Gasteiger partial charge in [-0.1, -0.05) is 18.2 Å². The second kappa shape index (κ2) is 8.11. The van der Waals surface area contributed by atoms with Gasteiger partial charge < -0.3 is 10.6 Å². The molecule has 2 atom stereocenters. The third-order valence-electron chi connectivity index (χ3n) is 3.76. The van der Waals surface area contributed by atoms with Crippen LogP contribution in [0.5, 0.6) is 0 Å². The molecule has 1 saturated heterocycles. The minimum atomic E-state index is -3.10. The average Bonchev–Trinajstić information content (AvgIpc) is 2.86. The Kier molecular flexibility index (Phi) is 5.85. The van der Waals surface area contributed by atoms with Gasteiger partial charge in [-0.15, -0.1) is 11.6 Å². The first-order valence-electron chi connectivity index (χ1n) is 7.90. The first-order valence-corrected chi connectivity index (χ1v) is 10.6. The van der Waals surface area contributed by atoms with Crippen molar-refractivity contribution in [3.8, 4) is 0 Å². The van der Waals surface area contributed by atoms with Gasteiger partial charge in [-0.3, -0.25) is 0 Å². The smallest absolute Gasteiger partial charge is 0.171 e. The SMILES string of the molecule is O=S1(=O)CC(Cl)C(NC(=S)Nc2ccc(N=Nc3ccccc3)cc2)C1. The molecule has 2 N–H and O–H groups in total. The highest BCUT2D eigenvalue weighted by Crippen LogP contribution is 2.21. The van der Waals surface area contributed by atoms with Crippen molar-refractivity contribution in [1.29, 1.82) is 0 Å². The van der Waals surface area contributed by atoms with Gasteiger partial charge in [-0.2, -0.15) is 10.2 Å². The zero-order chi connectivity index (χ0) is 18.6. The van der Waals surface area contributed by atoms with Gasteiger partial charge in [0.05, 0.1) is 34.3 Å². The molecule has 2 aromatic rings. The summed E-state index contributed by atoms with van der Waals surface area (Å²) in [5.41, 5.74) is 2.25. The van der Waals surface area contributed by atoms with Crippen molar-refractivity contribution in [2.24, 2.45) is 10.2 Å². The maximum absolute atomic E-state index is 11.6. The predicted molar refractivity (Wildman–Crippen MR) is 108 cm³/mol. The van der Waals surface area contributed by atoms with Gasteiger partial charge >= 0.3 is 0 Å². The van der Waals surface area contributed by atoms with Crippen LogP contribution >= 0.6 is 23.8 Å². The van der Waals surface area contributed by atoms with Crippen molar-refractivity contribution in [2.75, 3.05) is 16.8 Å². The molecule has 3 rings (SSSR count). The molecule has 6 nitrogen and oxygen atoms in total. The summed E-state index contributed by atoms with van der Waals surface area (Å²) in [7, 11) is -3.10. The Labute approximate surface area is 162 Å². The van der Waals surface area contributed by atoms with Crippen LogP contribution in [0.4, 0.5) is 17.1 Å². The van der Waals surface area contributed by atoms with Gasteiger partial charge in [0.1, 0.15) is 0 Å². The fourth-order valence-corrected chi connectivity index (χ4v) is 5.31. The van der Waals surface area contributed by atoms with Crippen LogP contribution in [-0.4, -0.2) is 36.5 Å². The zero-order valence-electron chi connectivity index (χ0n) is 13.7. The highest BCUT2D eigenvalue weighted by atomic mass is 35.5. The molecule has 0 amide bonds. The largest absolute Gasteiger partial charge is 0.357 e. The van der Waals surface area contributed by atoms with E-state index in [-0.39, 0.29) is 17.5 Å². The van der Waals surface area contributed by atoms with E-state index in [0.717, 1.165) is 11.4 Å². The van der Waals surface area contributed by atoms with Crippen LogP contribution in [0, 0.1) is 0 Å². The molecule has 0 spiro atoms. The summed E-state index contributed by atoms with van der Waals surface area (Å²) in [6, 6.07) is 16.3. The Morgan fingerprint density at radius 1 is 1.00 bits per heavy atom. The molecule has 0 saturated carbocycles. The number of thiocarbonyl (C=S) groups is 1. The first-order chi connectivity index (χ1) is 12.4. The van der Waals surface area contributed by atoms with Crippen LogP contribution < -0.4 is 10.6 Å². The van der Waals surface area contributed by atoms with E-state index in [1.54, 1.807) is 0 Å². The third kappa shape index (κ3) is 5.23. The summed E-state index contributed by atoms with van der Waals surface area (Å²) in [6.45, 7) is 0. The number of nitrogens with zero attached hydrogens (tertiary/aromatic N) is 2. The van der Waals surface area contributed by atoms with Crippen molar-refractivity contribution in [2.45, 2.75) is 11.4 Å². The number of nitrogens with one attached hydrogen (secondary N) is 2. The highest BCUT2D eigenvalue weighted by molar-refractivity contribution is 7.91. The fraction of sp³-hybridized carbons (Fsp3) is 0.235. The summed E-state index contributed by atoms with van der Waals surface area (Å²) in [5, 5.41) is 14.1. The van der Waals surface area contributed by atoms with Crippen LogP contribution in [-0.2, 0) is 9.84 Å². The molecule has 2 unspecified atom stereocenters. The number of halogens is 1. The maximum Gasteiger partial charge on any atom is 0.171 e. The van der Waals surface area contributed by atoms with E-state index in [4.69, 9.17) is 23.8 Å². The summed E-state index contributed by atoms with van der Waals surface area (Å²) in [6.07, 6.45) is 0. The Bertz CT molecular complexity index is 902. The van der Waals surface area contributed by atoms with Crippen molar-refractivity contribution < 1.29 is 8.42 Å². The number of anilines is 1. The van der Waals surface area contributed by atoms with Gasteiger partial charge in [-0.25, -0.2) is 8.42 Å². The van der Waals surface area contributed by atoms with Crippen molar-refractivity contribution in [3.05, 3.63) is 54.6 Å². The second-order valence-electron chi connectivity index (χ2n) is 5.88. The van der Waals surface area contributed by atoms with Crippen LogP contribution in [0.15, 0.2) is 64.8 Å². The van der Waals surface area contributed by atoms with Crippen molar-refractivity contribution >= 4 is 55.8 Å². The van der Waals surface area contributed by atoms with Gasteiger partial charge in [0, 0.05) is 5.69 Å². The summed E-state index contributed by atoms with van der Waals surface area (Å²) < 4.78 is 23.2. The molecule has 2 aromatic carbocycles. The number of hydrogen-bond acceptors (Lipinski definition) is 5. The lowest BCUT2D eigenvalue weighted by Gasteiger charge is -2.17. The molecule has 0 aromatic heterocycles. The first kappa shape index (κ1) is 18.8. The van der Waals surface area contributed by atoms with E-state index >= 15 is 0 Å². The Morgan fingerprint density at radius 3 is 2.19 bits per heavy atom. The minimum absolute atomic E-state index is 0.0121. The molecule has 9 heteroatoms. The molecule has 1 heterocycles. The van der Waals surface area contributed by atoms with Crippen LogP contribution in [0.2, 0.25) is 0 Å². The number of azo groups is 1. The van der Waals surface area contributed by atoms with E-state index in [1.165, 1.54) is 0 Å². The van der Waals surface area contributed by atoms with Crippen LogP contribution in [0.25, 0.3) is 0 Å². The lowest BCUT2D eigenvalue weighted by Crippen LogP contribution is -2.42. The minimum Gasteiger partial charge on any atom is -0.357 e. The monoisotopic (exact) mass is 408 g/mol. The summed E-state index contributed by atoms with van der Waals surface area (Å²) >= 11 is 11.3. The molecule has 0 radical (unpaired) electrons. The van der Waals surface area contributed by atoms with Crippen molar-refractivity contribution in [3.63, 3.8) is 0 Å². The summed E-state index contributed by atoms with van der Waals surface area (Å²) in [5.74, 6) is -0.0439. The highest BCUT2D eigenvalue weighted by Gasteiger charge is 2.36. The third-order valence-corrected chi connectivity index (χ3v) is 6.36. The number of sulfone groups is 1. The molecular formula is C17H17ClN4O2S2. The Balaban J connectivity index is 1.56. The van der Waals surface area contributed by atoms with Crippen molar-refractivity contribution in [1.82, 2.24) is 5.32 Å². The maximum atomic E-state index is 11.6. The quantitative estimate of drug-likeness (QED) is 0.457.